The fraction of sp³-hybridized carbons (Fsp3) is 0.842. The average Bonchev–Trinajstić information content (AvgIpc) is 2.43. The molecular formula is C19H33NO7. The fourth-order valence-electron chi connectivity index (χ4n) is 2.19. The number of hydrogen-bond acceptors (Lipinski definition) is 7. The Hall–Kier alpha value is -1.83. The predicted molar refractivity (Wildman–Crippen MR) is 98.1 cm³/mol. The molecule has 1 unspecified atom stereocenters. The van der Waals surface area contributed by atoms with E-state index in [4.69, 9.17) is 18.9 Å². The molecule has 1 amide bonds. The lowest BCUT2D eigenvalue weighted by Crippen LogP contribution is -2.46. The fourth-order valence-corrected chi connectivity index (χ4v) is 2.19. The summed E-state index contributed by atoms with van der Waals surface area (Å²) < 4.78 is 20.9. The van der Waals surface area contributed by atoms with Crippen molar-refractivity contribution in [3.63, 3.8) is 0 Å². The van der Waals surface area contributed by atoms with E-state index in [1.165, 1.54) is 0 Å². The van der Waals surface area contributed by atoms with E-state index in [0.717, 1.165) is 0 Å². The molecule has 1 aliphatic heterocycles. The number of hydrogen-bond donors (Lipinski definition) is 1. The van der Waals surface area contributed by atoms with Crippen molar-refractivity contribution in [1.82, 2.24) is 5.32 Å². The van der Waals surface area contributed by atoms with Crippen LogP contribution in [0.15, 0.2) is 0 Å². The van der Waals surface area contributed by atoms with Gasteiger partial charge in [-0.15, -0.1) is 0 Å². The lowest BCUT2D eigenvalue weighted by atomic mass is 9.90. The smallest absolute Gasteiger partial charge is 0.408 e. The molecule has 0 bridgehead atoms. The van der Waals surface area contributed by atoms with Crippen LogP contribution in [-0.4, -0.2) is 55.1 Å². The quantitative estimate of drug-likeness (QED) is 0.529. The minimum Gasteiger partial charge on any atom is -0.465 e. The first-order valence-corrected chi connectivity index (χ1v) is 9.15. The van der Waals surface area contributed by atoms with Gasteiger partial charge in [0.2, 0.25) is 0 Å². The van der Waals surface area contributed by atoms with Gasteiger partial charge in [0, 0.05) is 11.8 Å². The summed E-state index contributed by atoms with van der Waals surface area (Å²) in [5.74, 6) is -1.07. The normalized spacial score (nSPS) is 17.3. The molecule has 1 N–H and O–H groups in total. The van der Waals surface area contributed by atoms with E-state index < -0.39 is 35.3 Å². The largest absolute Gasteiger partial charge is 0.465 e. The number of alkyl carbamates (subject to hydrolysis) is 1. The third kappa shape index (κ3) is 9.60. The molecule has 0 radical (unpaired) electrons. The molecule has 27 heavy (non-hydrogen) atoms. The van der Waals surface area contributed by atoms with Crippen LogP contribution >= 0.6 is 0 Å². The second-order valence-electron chi connectivity index (χ2n) is 9.24. The number of ether oxygens (including phenoxy) is 4. The number of amides is 1. The molecule has 1 aliphatic rings. The Balaban J connectivity index is 2.59. The molecular weight excluding hydrogens is 354 g/mol. The van der Waals surface area contributed by atoms with E-state index in [1.807, 2.05) is 6.92 Å². The average molecular weight is 387 g/mol. The van der Waals surface area contributed by atoms with Gasteiger partial charge in [-0.05, 0) is 48.0 Å². The molecule has 0 aromatic carbocycles. The Morgan fingerprint density at radius 1 is 1.04 bits per heavy atom. The van der Waals surface area contributed by atoms with Crippen LogP contribution in [0.25, 0.3) is 0 Å². The van der Waals surface area contributed by atoms with Crippen LogP contribution in [0.2, 0.25) is 0 Å². The molecule has 1 heterocycles. The highest BCUT2D eigenvalue weighted by Gasteiger charge is 2.35. The van der Waals surface area contributed by atoms with E-state index >= 15 is 0 Å². The highest BCUT2D eigenvalue weighted by Crippen LogP contribution is 2.26. The van der Waals surface area contributed by atoms with Crippen LogP contribution in [0.4, 0.5) is 4.79 Å². The third-order valence-electron chi connectivity index (χ3n) is 3.50. The van der Waals surface area contributed by atoms with Crippen molar-refractivity contribution < 1.29 is 33.3 Å². The van der Waals surface area contributed by atoms with E-state index in [0.29, 0.717) is 13.2 Å². The minimum absolute atomic E-state index is 0.0311. The molecule has 0 spiro atoms. The monoisotopic (exact) mass is 387 g/mol. The van der Waals surface area contributed by atoms with Gasteiger partial charge in [0.15, 0.2) is 0 Å². The first-order valence-electron chi connectivity index (χ1n) is 9.15. The summed E-state index contributed by atoms with van der Waals surface area (Å²) >= 11 is 0. The summed E-state index contributed by atoms with van der Waals surface area (Å²) in [6.07, 6.45) is -0.720. The first kappa shape index (κ1) is 23.2. The van der Waals surface area contributed by atoms with Gasteiger partial charge in [0.05, 0.1) is 13.2 Å². The van der Waals surface area contributed by atoms with Gasteiger partial charge >= 0.3 is 18.0 Å². The lowest BCUT2D eigenvalue weighted by molar-refractivity contribution is -0.165. The molecule has 1 atom stereocenters. The van der Waals surface area contributed by atoms with Crippen LogP contribution < -0.4 is 5.32 Å². The second kappa shape index (κ2) is 8.91. The SMILES string of the molecule is CC1(COC(=O)CCC(NC(=O)OC(C)(C)C)C(=O)OC(C)(C)C)COC1. The first-order chi connectivity index (χ1) is 12.2. The molecule has 1 saturated heterocycles. The zero-order valence-electron chi connectivity index (χ0n) is 17.5. The van der Waals surface area contributed by atoms with Gasteiger partial charge < -0.3 is 24.3 Å². The summed E-state index contributed by atoms with van der Waals surface area (Å²) in [5, 5.41) is 2.48. The Bertz CT molecular complexity index is 541. The van der Waals surface area contributed by atoms with Crippen LogP contribution in [0.5, 0.6) is 0 Å². The van der Waals surface area contributed by atoms with Crippen molar-refractivity contribution in [3.8, 4) is 0 Å². The zero-order valence-corrected chi connectivity index (χ0v) is 17.5. The Kier molecular flexibility index (Phi) is 7.66. The van der Waals surface area contributed by atoms with Crippen LogP contribution in [0.1, 0.15) is 61.3 Å². The lowest BCUT2D eigenvalue weighted by Gasteiger charge is -2.37. The minimum atomic E-state index is -1.01. The number of carbonyl (C=O) groups is 3. The van der Waals surface area contributed by atoms with Gasteiger partial charge in [-0.25, -0.2) is 9.59 Å². The second-order valence-corrected chi connectivity index (χ2v) is 9.24. The van der Waals surface area contributed by atoms with Crippen LogP contribution in [0, 0.1) is 5.41 Å². The van der Waals surface area contributed by atoms with E-state index in [-0.39, 0.29) is 24.9 Å². The zero-order chi connectivity index (χ0) is 20.9. The summed E-state index contributed by atoms with van der Waals surface area (Å²) in [6, 6.07) is -1.01. The van der Waals surface area contributed by atoms with E-state index in [9.17, 15) is 14.4 Å². The highest BCUT2D eigenvalue weighted by atomic mass is 16.6. The van der Waals surface area contributed by atoms with Gasteiger partial charge in [0.25, 0.3) is 0 Å². The van der Waals surface area contributed by atoms with Crippen molar-refractivity contribution in [1.29, 1.82) is 0 Å². The molecule has 8 nitrogen and oxygen atoms in total. The van der Waals surface area contributed by atoms with Gasteiger partial charge in [-0.1, -0.05) is 6.92 Å². The van der Waals surface area contributed by atoms with E-state index in [2.05, 4.69) is 5.32 Å². The molecule has 1 fully saturated rings. The number of rotatable bonds is 7. The molecule has 156 valence electrons. The number of esters is 2. The molecule has 8 heteroatoms. The summed E-state index contributed by atoms with van der Waals surface area (Å²) in [7, 11) is 0. The topological polar surface area (TPSA) is 100 Å². The van der Waals surface area contributed by atoms with Crippen molar-refractivity contribution in [2.75, 3.05) is 19.8 Å². The third-order valence-corrected chi connectivity index (χ3v) is 3.50. The molecule has 0 saturated carbocycles. The maximum absolute atomic E-state index is 12.4. The van der Waals surface area contributed by atoms with E-state index in [1.54, 1.807) is 41.5 Å². The summed E-state index contributed by atoms with van der Waals surface area (Å²) in [6.45, 7) is 13.7. The Morgan fingerprint density at radius 2 is 1.59 bits per heavy atom. The summed E-state index contributed by atoms with van der Waals surface area (Å²) in [4.78, 5) is 36.4. The number of carbonyl (C=O) groups excluding carboxylic acids is 3. The van der Waals surface area contributed by atoms with Crippen molar-refractivity contribution in [2.45, 2.75) is 78.6 Å². The van der Waals surface area contributed by atoms with Gasteiger partial charge in [0.1, 0.15) is 23.9 Å². The Labute approximate surface area is 161 Å². The molecule has 0 aromatic rings. The molecule has 0 aromatic heterocycles. The predicted octanol–water partition coefficient (Wildman–Crippen LogP) is 2.58. The van der Waals surface area contributed by atoms with Crippen LogP contribution in [-0.2, 0) is 28.5 Å². The van der Waals surface area contributed by atoms with Gasteiger partial charge in [-0.2, -0.15) is 0 Å². The van der Waals surface area contributed by atoms with Crippen molar-refractivity contribution in [2.24, 2.45) is 5.41 Å². The highest BCUT2D eigenvalue weighted by molar-refractivity contribution is 5.82. The van der Waals surface area contributed by atoms with Crippen molar-refractivity contribution >= 4 is 18.0 Å². The maximum atomic E-state index is 12.4. The van der Waals surface area contributed by atoms with Crippen molar-refractivity contribution in [3.05, 3.63) is 0 Å². The number of nitrogens with one attached hydrogen (secondary N) is 1. The maximum Gasteiger partial charge on any atom is 0.408 e. The van der Waals surface area contributed by atoms with Gasteiger partial charge in [-0.3, -0.25) is 4.79 Å². The molecule has 1 rings (SSSR count). The van der Waals surface area contributed by atoms with Crippen LogP contribution in [0.3, 0.4) is 0 Å². The molecule has 0 aliphatic carbocycles. The summed E-state index contributed by atoms with van der Waals surface area (Å²) in [5.41, 5.74) is -1.57. The Morgan fingerprint density at radius 3 is 2.04 bits per heavy atom. The standard InChI is InChI=1S/C19H33NO7/c1-17(2,3)26-15(22)13(20-16(23)27-18(4,5)6)8-9-14(21)25-12-19(7)10-24-11-19/h13H,8-12H2,1-7H3,(H,20,23).